The molecule has 1 fully saturated rings. The standard InChI is InChI=1S/C11H13FN2O2/c1-7-5-6-8(16-7)11(15)14-10-4-2-3-9(12)13-10/h2-4,7-8H,5-6H2,1H3,(H,13,14,15). The minimum Gasteiger partial charge on any atom is -0.365 e. The molecule has 16 heavy (non-hydrogen) atoms. The van der Waals surface area contributed by atoms with E-state index in [4.69, 9.17) is 4.74 Å². The SMILES string of the molecule is CC1CCC(C(=O)Nc2cccc(F)n2)O1. The van der Waals surface area contributed by atoms with Gasteiger partial charge in [0.05, 0.1) is 6.10 Å². The van der Waals surface area contributed by atoms with Crippen molar-refractivity contribution in [3.63, 3.8) is 0 Å². The van der Waals surface area contributed by atoms with Crippen molar-refractivity contribution in [3.8, 4) is 0 Å². The molecule has 5 heteroatoms. The second-order valence-corrected chi connectivity index (χ2v) is 3.85. The average molecular weight is 224 g/mol. The summed E-state index contributed by atoms with van der Waals surface area (Å²) in [5, 5.41) is 2.53. The predicted octanol–water partition coefficient (Wildman–Crippen LogP) is 1.73. The monoisotopic (exact) mass is 224 g/mol. The molecular formula is C11H13FN2O2. The molecule has 1 aliphatic rings. The van der Waals surface area contributed by atoms with Gasteiger partial charge >= 0.3 is 0 Å². The van der Waals surface area contributed by atoms with Gasteiger partial charge in [-0.15, -0.1) is 0 Å². The van der Waals surface area contributed by atoms with Gasteiger partial charge in [-0.3, -0.25) is 4.79 Å². The molecule has 2 atom stereocenters. The average Bonchev–Trinajstić information content (AvgIpc) is 2.65. The maximum atomic E-state index is 12.8. The zero-order valence-corrected chi connectivity index (χ0v) is 8.94. The van der Waals surface area contributed by atoms with E-state index in [1.165, 1.54) is 12.1 Å². The Bertz CT molecular complexity index is 397. The third-order valence-electron chi connectivity index (χ3n) is 2.49. The molecule has 2 rings (SSSR count). The highest BCUT2D eigenvalue weighted by Gasteiger charge is 2.28. The van der Waals surface area contributed by atoms with E-state index in [0.717, 1.165) is 6.42 Å². The summed E-state index contributed by atoms with van der Waals surface area (Å²) in [4.78, 5) is 15.2. The predicted molar refractivity (Wildman–Crippen MR) is 56.4 cm³/mol. The molecule has 4 nitrogen and oxygen atoms in total. The summed E-state index contributed by atoms with van der Waals surface area (Å²) in [6.07, 6.45) is 1.23. The van der Waals surface area contributed by atoms with E-state index in [9.17, 15) is 9.18 Å². The number of halogens is 1. The molecule has 1 aliphatic heterocycles. The number of rotatable bonds is 2. The Hall–Kier alpha value is -1.49. The van der Waals surface area contributed by atoms with E-state index in [2.05, 4.69) is 10.3 Å². The molecule has 0 aromatic carbocycles. The molecule has 0 saturated carbocycles. The molecule has 1 amide bonds. The summed E-state index contributed by atoms with van der Waals surface area (Å²) >= 11 is 0. The largest absolute Gasteiger partial charge is 0.365 e. The van der Waals surface area contributed by atoms with Crippen molar-refractivity contribution in [2.45, 2.75) is 32.0 Å². The number of carbonyl (C=O) groups excluding carboxylic acids is 1. The molecule has 2 unspecified atom stereocenters. The van der Waals surface area contributed by atoms with Crippen LogP contribution in [-0.4, -0.2) is 23.1 Å². The molecule has 0 radical (unpaired) electrons. The van der Waals surface area contributed by atoms with E-state index in [1.807, 2.05) is 6.92 Å². The molecule has 1 N–H and O–H groups in total. The number of nitrogens with one attached hydrogen (secondary N) is 1. The Labute approximate surface area is 92.8 Å². The van der Waals surface area contributed by atoms with Crippen molar-refractivity contribution >= 4 is 11.7 Å². The van der Waals surface area contributed by atoms with Crippen LogP contribution in [0.25, 0.3) is 0 Å². The van der Waals surface area contributed by atoms with Crippen LogP contribution in [0.1, 0.15) is 19.8 Å². The van der Waals surface area contributed by atoms with Gasteiger partial charge in [-0.05, 0) is 31.9 Å². The highest BCUT2D eigenvalue weighted by Crippen LogP contribution is 2.20. The molecule has 0 spiro atoms. The molecule has 86 valence electrons. The lowest BCUT2D eigenvalue weighted by Crippen LogP contribution is -2.28. The number of amides is 1. The van der Waals surface area contributed by atoms with Crippen molar-refractivity contribution in [1.29, 1.82) is 0 Å². The molecular weight excluding hydrogens is 211 g/mol. The normalized spacial score (nSPS) is 24.4. The summed E-state index contributed by atoms with van der Waals surface area (Å²) in [6, 6.07) is 4.26. The van der Waals surface area contributed by atoms with E-state index in [0.29, 0.717) is 6.42 Å². The summed E-state index contributed by atoms with van der Waals surface area (Å²) in [7, 11) is 0. The van der Waals surface area contributed by atoms with E-state index < -0.39 is 12.1 Å². The minimum absolute atomic E-state index is 0.108. The van der Waals surface area contributed by atoms with E-state index in [-0.39, 0.29) is 17.8 Å². The number of carbonyl (C=O) groups is 1. The van der Waals surface area contributed by atoms with Crippen LogP contribution >= 0.6 is 0 Å². The Morgan fingerprint density at radius 3 is 3.00 bits per heavy atom. The van der Waals surface area contributed by atoms with Gasteiger partial charge < -0.3 is 10.1 Å². The van der Waals surface area contributed by atoms with Crippen LogP contribution in [0.3, 0.4) is 0 Å². The van der Waals surface area contributed by atoms with Crippen LogP contribution in [-0.2, 0) is 9.53 Å². The number of ether oxygens (including phenoxy) is 1. The lowest BCUT2D eigenvalue weighted by atomic mass is 10.2. The summed E-state index contributed by atoms with van der Waals surface area (Å²) < 4.78 is 18.2. The van der Waals surface area contributed by atoms with E-state index >= 15 is 0 Å². The smallest absolute Gasteiger partial charge is 0.254 e. The van der Waals surface area contributed by atoms with Crippen LogP contribution in [0.15, 0.2) is 18.2 Å². The van der Waals surface area contributed by atoms with Crippen LogP contribution in [0.2, 0.25) is 0 Å². The van der Waals surface area contributed by atoms with Crippen molar-refractivity contribution in [1.82, 2.24) is 4.98 Å². The van der Waals surface area contributed by atoms with E-state index in [1.54, 1.807) is 6.07 Å². The highest BCUT2D eigenvalue weighted by atomic mass is 19.1. The summed E-state index contributed by atoms with van der Waals surface area (Å²) in [5.41, 5.74) is 0. The molecule has 1 aromatic rings. The quantitative estimate of drug-likeness (QED) is 0.778. The maximum absolute atomic E-state index is 12.8. The van der Waals surface area contributed by atoms with Crippen LogP contribution in [0.4, 0.5) is 10.2 Å². The maximum Gasteiger partial charge on any atom is 0.254 e. The summed E-state index contributed by atoms with van der Waals surface area (Å²) in [5.74, 6) is -0.658. The van der Waals surface area contributed by atoms with Gasteiger partial charge in [0.2, 0.25) is 5.95 Å². The zero-order valence-electron chi connectivity index (χ0n) is 8.94. The van der Waals surface area contributed by atoms with Crippen molar-refractivity contribution < 1.29 is 13.9 Å². The van der Waals surface area contributed by atoms with Crippen molar-refractivity contribution in [2.24, 2.45) is 0 Å². The first-order chi connectivity index (χ1) is 7.65. The van der Waals surface area contributed by atoms with Crippen molar-refractivity contribution in [2.75, 3.05) is 5.32 Å². The Kier molecular flexibility index (Phi) is 3.14. The number of pyridine rings is 1. The minimum atomic E-state index is -0.612. The van der Waals surface area contributed by atoms with Crippen LogP contribution in [0, 0.1) is 5.95 Å². The first-order valence-corrected chi connectivity index (χ1v) is 5.24. The first-order valence-electron chi connectivity index (χ1n) is 5.24. The lowest BCUT2D eigenvalue weighted by Gasteiger charge is -2.10. The summed E-state index contributed by atoms with van der Waals surface area (Å²) in [6.45, 7) is 1.92. The number of hydrogen-bond donors (Lipinski definition) is 1. The Morgan fingerprint density at radius 2 is 2.38 bits per heavy atom. The fraction of sp³-hybridized carbons (Fsp3) is 0.455. The number of nitrogens with zero attached hydrogens (tertiary/aromatic N) is 1. The van der Waals surface area contributed by atoms with Gasteiger partial charge in [-0.25, -0.2) is 4.98 Å². The van der Waals surface area contributed by atoms with Gasteiger partial charge in [0, 0.05) is 0 Å². The molecule has 0 bridgehead atoms. The zero-order chi connectivity index (χ0) is 11.5. The van der Waals surface area contributed by atoms with Gasteiger partial charge in [0.1, 0.15) is 11.9 Å². The number of aromatic nitrogens is 1. The number of hydrogen-bond acceptors (Lipinski definition) is 3. The molecule has 2 heterocycles. The topological polar surface area (TPSA) is 51.2 Å². The fourth-order valence-electron chi connectivity index (χ4n) is 1.68. The first kappa shape index (κ1) is 11.0. The fourth-order valence-corrected chi connectivity index (χ4v) is 1.68. The second-order valence-electron chi connectivity index (χ2n) is 3.85. The van der Waals surface area contributed by atoms with Gasteiger partial charge in [-0.1, -0.05) is 6.07 Å². The second kappa shape index (κ2) is 4.57. The Morgan fingerprint density at radius 1 is 1.56 bits per heavy atom. The van der Waals surface area contributed by atoms with Gasteiger partial charge in [-0.2, -0.15) is 4.39 Å². The third-order valence-corrected chi connectivity index (χ3v) is 2.49. The number of anilines is 1. The third kappa shape index (κ3) is 2.55. The molecule has 0 aliphatic carbocycles. The molecule has 1 aromatic heterocycles. The Balaban J connectivity index is 1.97. The van der Waals surface area contributed by atoms with Crippen LogP contribution in [0.5, 0.6) is 0 Å². The molecule has 1 saturated heterocycles. The van der Waals surface area contributed by atoms with Crippen molar-refractivity contribution in [3.05, 3.63) is 24.1 Å². The van der Waals surface area contributed by atoms with Gasteiger partial charge in [0.25, 0.3) is 5.91 Å². The highest BCUT2D eigenvalue weighted by molar-refractivity contribution is 5.93. The van der Waals surface area contributed by atoms with Gasteiger partial charge in [0.15, 0.2) is 0 Å². The lowest BCUT2D eigenvalue weighted by molar-refractivity contribution is -0.126. The van der Waals surface area contributed by atoms with Crippen LogP contribution < -0.4 is 5.32 Å².